The molecule has 0 saturated carbocycles. The third kappa shape index (κ3) is 2.31. The zero-order valence-corrected chi connectivity index (χ0v) is 11.7. The Labute approximate surface area is 122 Å². The Kier molecular flexibility index (Phi) is 3.28. The van der Waals surface area contributed by atoms with Crippen molar-refractivity contribution in [3.8, 4) is 16.9 Å². The fourth-order valence-corrected chi connectivity index (χ4v) is 2.34. The third-order valence-electron chi connectivity index (χ3n) is 3.32. The summed E-state index contributed by atoms with van der Waals surface area (Å²) in [7, 11) is 0. The monoisotopic (exact) mass is 277 g/mol. The highest BCUT2D eigenvalue weighted by molar-refractivity contribution is 6.04. The molecule has 0 aliphatic rings. The van der Waals surface area contributed by atoms with Crippen molar-refractivity contribution in [3.63, 3.8) is 0 Å². The van der Waals surface area contributed by atoms with E-state index in [1.807, 2.05) is 60.7 Å². The highest BCUT2D eigenvalue weighted by atomic mass is 16.1. The molecule has 0 aliphatic heterocycles. The van der Waals surface area contributed by atoms with Gasteiger partial charge >= 0.3 is 0 Å². The predicted octanol–water partition coefficient (Wildman–Crippen LogP) is 3.32. The molecule has 104 valence electrons. The van der Waals surface area contributed by atoms with Gasteiger partial charge in [-0.1, -0.05) is 48.5 Å². The van der Waals surface area contributed by atoms with Crippen LogP contribution in [-0.4, -0.2) is 15.6 Å². The number of aromatic nitrogens is 2. The molecule has 21 heavy (non-hydrogen) atoms. The first-order chi connectivity index (χ1) is 10.2. The average Bonchev–Trinajstić information content (AvgIpc) is 2.87. The lowest BCUT2D eigenvalue weighted by molar-refractivity contribution is 0.101. The molecule has 0 atom stereocenters. The number of benzene rings is 2. The van der Waals surface area contributed by atoms with Gasteiger partial charge in [-0.2, -0.15) is 5.10 Å². The van der Waals surface area contributed by atoms with Crippen LogP contribution in [0.4, 0.5) is 5.82 Å². The van der Waals surface area contributed by atoms with Gasteiger partial charge in [0, 0.05) is 5.56 Å². The first-order valence-corrected chi connectivity index (χ1v) is 6.68. The number of nitrogen functional groups attached to an aromatic ring is 1. The number of rotatable bonds is 3. The molecule has 3 rings (SSSR count). The lowest BCUT2D eigenvalue weighted by Gasteiger charge is -2.03. The van der Waals surface area contributed by atoms with Gasteiger partial charge in [-0.05, 0) is 19.1 Å². The van der Waals surface area contributed by atoms with Crippen molar-refractivity contribution in [2.75, 3.05) is 5.73 Å². The van der Waals surface area contributed by atoms with E-state index in [0.717, 1.165) is 11.3 Å². The lowest BCUT2D eigenvalue weighted by Crippen LogP contribution is -2.04. The number of anilines is 1. The Morgan fingerprint density at radius 2 is 1.57 bits per heavy atom. The molecule has 0 unspecified atom stereocenters. The molecule has 0 amide bonds. The zero-order valence-electron chi connectivity index (χ0n) is 11.7. The molecule has 0 saturated heterocycles. The van der Waals surface area contributed by atoms with E-state index in [1.54, 1.807) is 4.68 Å². The molecule has 0 radical (unpaired) electrons. The van der Waals surface area contributed by atoms with Crippen LogP contribution in [0.25, 0.3) is 16.9 Å². The van der Waals surface area contributed by atoms with Crippen molar-refractivity contribution in [2.45, 2.75) is 6.92 Å². The van der Waals surface area contributed by atoms with E-state index in [1.165, 1.54) is 6.92 Å². The minimum absolute atomic E-state index is 0.0893. The van der Waals surface area contributed by atoms with Gasteiger partial charge in [-0.15, -0.1) is 0 Å². The molecule has 0 aliphatic carbocycles. The Hall–Kier alpha value is -2.88. The molecule has 4 nitrogen and oxygen atoms in total. The molecule has 3 aromatic rings. The van der Waals surface area contributed by atoms with Gasteiger partial charge in [0.2, 0.25) is 0 Å². The summed E-state index contributed by atoms with van der Waals surface area (Å²) < 4.78 is 1.61. The molecular weight excluding hydrogens is 262 g/mol. The minimum Gasteiger partial charge on any atom is -0.383 e. The first-order valence-electron chi connectivity index (χ1n) is 6.68. The second-order valence-corrected chi connectivity index (χ2v) is 4.78. The van der Waals surface area contributed by atoms with Gasteiger partial charge in [0.25, 0.3) is 0 Å². The van der Waals surface area contributed by atoms with Crippen molar-refractivity contribution >= 4 is 11.6 Å². The maximum absolute atomic E-state index is 12.0. The summed E-state index contributed by atoms with van der Waals surface area (Å²) >= 11 is 0. The van der Waals surface area contributed by atoms with E-state index in [0.29, 0.717) is 17.1 Å². The second kappa shape index (κ2) is 5.25. The average molecular weight is 277 g/mol. The van der Waals surface area contributed by atoms with Crippen molar-refractivity contribution in [1.29, 1.82) is 0 Å². The van der Waals surface area contributed by atoms with E-state index >= 15 is 0 Å². The number of ketones is 1. The van der Waals surface area contributed by atoms with Gasteiger partial charge in [0.1, 0.15) is 11.5 Å². The topological polar surface area (TPSA) is 60.9 Å². The van der Waals surface area contributed by atoms with Crippen LogP contribution in [0.5, 0.6) is 0 Å². The number of hydrogen-bond acceptors (Lipinski definition) is 3. The van der Waals surface area contributed by atoms with E-state index in [-0.39, 0.29) is 5.78 Å². The summed E-state index contributed by atoms with van der Waals surface area (Å²) in [6, 6.07) is 19.1. The van der Waals surface area contributed by atoms with Crippen LogP contribution in [0, 0.1) is 0 Å². The van der Waals surface area contributed by atoms with Gasteiger partial charge in [-0.25, -0.2) is 4.68 Å². The van der Waals surface area contributed by atoms with Crippen LogP contribution in [0.1, 0.15) is 17.3 Å². The number of Topliss-reactive ketones (excluding diaryl/α,β-unsaturated/α-hetero) is 1. The molecular formula is C17H15N3O. The third-order valence-corrected chi connectivity index (χ3v) is 3.32. The Morgan fingerprint density at radius 1 is 1.00 bits per heavy atom. The number of carbonyl (C=O) groups is 1. The van der Waals surface area contributed by atoms with E-state index in [2.05, 4.69) is 5.10 Å². The maximum atomic E-state index is 12.0. The molecule has 2 N–H and O–H groups in total. The van der Waals surface area contributed by atoms with Crippen molar-refractivity contribution in [1.82, 2.24) is 9.78 Å². The standard InChI is InChI=1S/C17H15N3O/c1-12(21)15-16(13-8-4-2-5-9-13)19-20(17(15)18)14-10-6-3-7-11-14/h2-11H,18H2,1H3. The van der Waals surface area contributed by atoms with Crippen molar-refractivity contribution < 1.29 is 4.79 Å². The van der Waals surface area contributed by atoms with Crippen LogP contribution in [0.2, 0.25) is 0 Å². The molecule has 1 heterocycles. The first kappa shape index (κ1) is 13.1. The number of para-hydroxylation sites is 1. The number of hydrogen-bond donors (Lipinski definition) is 1. The number of nitrogens with zero attached hydrogens (tertiary/aromatic N) is 2. The van der Waals surface area contributed by atoms with Crippen LogP contribution in [0.3, 0.4) is 0 Å². The molecule has 2 aromatic carbocycles. The van der Waals surface area contributed by atoms with Crippen molar-refractivity contribution in [2.24, 2.45) is 0 Å². The quantitative estimate of drug-likeness (QED) is 0.747. The summed E-state index contributed by atoms with van der Waals surface area (Å²) in [6.45, 7) is 1.51. The van der Waals surface area contributed by atoms with Crippen molar-refractivity contribution in [3.05, 3.63) is 66.2 Å². The van der Waals surface area contributed by atoms with E-state index in [9.17, 15) is 4.79 Å². The summed E-state index contributed by atoms with van der Waals surface area (Å²) in [5.74, 6) is 0.279. The van der Waals surface area contributed by atoms with E-state index in [4.69, 9.17) is 5.73 Å². The summed E-state index contributed by atoms with van der Waals surface area (Å²) in [5.41, 5.74) is 8.94. The minimum atomic E-state index is -0.0893. The van der Waals surface area contributed by atoms with Crippen LogP contribution in [0.15, 0.2) is 60.7 Å². The fraction of sp³-hybridized carbons (Fsp3) is 0.0588. The van der Waals surface area contributed by atoms with Gasteiger partial charge in [-0.3, -0.25) is 4.79 Å². The molecule has 4 heteroatoms. The predicted molar refractivity (Wildman–Crippen MR) is 83.4 cm³/mol. The maximum Gasteiger partial charge on any atom is 0.165 e. The lowest BCUT2D eigenvalue weighted by atomic mass is 10.1. The van der Waals surface area contributed by atoms with Gasteiger partial charge < -0.3 is 5.73 Å². The molecule has 0 bridgehead atoms. The molecule has 1 aromatic heterocycles. The second-order valence-electron chi connectivity index (χ2n) is 4.78. The summed E-state index contributed by atoms with van der Waals surface area (Å²) in [4.78, 5) is 12.0. The Bertz CT molecular complexity index is 777. The van der Waals surface area contributed by atoms with Gasteiger partial charge in [0.05, 0.1) is 11.3 Å². The Morgan fingerprint density at radius 3 is 2.14 bits per heavy atom. The number of nitrogens with two attached hydrogens (primary N) is 1. The van der Waals surface area contributed by atoms with Crippen LogP contribution < -0.4 is 5.73 Å². The Balaban J connectivity index is 2.24. The SMILES string of the molecule is CC(=O)c1c(-c2ccccc2)nn(-c2ccccc2)c1N. The largest absolute Gasteiger partial charge is 0.383 e. The highest BCUT2D eigenvalue weighted by Gasteiger charge is 2.20. The van der Waals surface area contributed by atoms with E-state index < -0.39 is 0 Å². The normalized spacial score (nSPS) is 10.5. The number of carbonyl (C=O) groups excluding carboxylic acids is 1. The molecule has 0 spiro atoms. The molecule has 0 fully saturated rings. The highest BCUT2D eigenvalue weighted by Crippen LogP contribution is 2.29. The summed E-state index contributed by atoms with van der Waals surface area (Å²) in [6.07, 6.45) is 0. The van der Waals surface area contributed by atoms with Crippen LogP contribution in [-0.2, 0) is 0 Å². The van der Waals surface area contributed by atoms with Gasteiger partial charge in [0.15, 0.2) is 5.78 Å². The van der Waals surface area contributed by atoms with Crippen LogP contribution >= 0.6 is 0 Å². The smallest absolute Gasteiger partial charge is 0.165 e. The zero-order chi connectivity index (χ0) is 14.8. The summed E-state index contributed by atoms with van der Waals surface area (Å²) in [5, 5.41) is 4.54. The fourth-order valence-electron chi connectivity index (χ4n) is 2.34.